The molecular weight excluding hydrogens is 519 g/mol. The predicted molar refractivity (Wildman–Crippen MR) is 122 cm³/mol. The second kappa shape index (κ2) is 11.9. The van der Waals surface area contributed by atoms with Gasteiger partial charge in [-0.15, -0.1) is 23.5 Å². The Morgan fingerprint density at radius 1 is 0.750 bits per heavy atom. The Morgan fingerprint density at radius 2 is 1.12 bits per heavy atom. The molecule has 32 heavy (non-hydrogen) atoms. The van der Waals surface area contributed by atoms with Crippen molar-refractivity contribution in [1.82, 2.24) is 0 Å². The molecule has 0 bridgehead atoms. The summed E-state index contributed by atoms with van der Waals surface area (Å²) in [6.45, 7) is 1.46. The number of aryl methyl sites for hydroxylation is 2. The molecule has 0 N–H and O–H groups in total. The maximum absolute atomic E-state index is 12.5. The van der Waals surface area contributed by atoms with Crippen LogP contribution in [0.5, 0.6) is 0 Å². The van der Waals surface area contributed by atoms with Crippen molar-refractivity contribution in [3.8, 4) is 0 Å². The fourth-order valence-corrected chi connectivity index (χ4v) is 7.49. The Labute approximate surface area is 197 Å². The van der Waals surface area contributed by atoms with Crippen LogP contribution in [-0.4, -0.2) is 42.9 Å². The molecule has 9 nitrogen and oxygen atoms in total. The first-order valence-electron chi connectivity index (χ1n) is 8.82. The van der Waals surface area contributed by atoms with Crippen LogP contribution in [0.15, 0.2) is 56.0 Å². The molecule has 176 valence electrons. The van der Waals surface area contributed by atoms with Gasteiger partial charge in [-0.25, -0.2) is 8.37 Å². The van der Waals surface area contributed by atoms with Gasteiger partial charge in [0.05, 0.1) is 0 Å². The van der Waals surface area contributed by atoms with Crippen molar-refractivity contribution in [3.05, 3.63) is 47.5 Å². The van der Waals surface area contributed by atoms with Gasteiger partial charge in [0.1, 0.15) is 9.79 Å². The van der Waals surface area contributed by atoms with E-state index in [-0.39, 0.29) is 9.79 Å². The first-order valence-corrected chi connectivity index (χ1v) is 15.2. The minimum absolute atomic E-state index is 0.00972. The van der Waals surface area contributed by atoms with Crippen LogP contribution in [0.3, 0.4) is 0 Å². The highest BCUT2D eigenvalue weighted by atomic mass is 32.2. The lowest BCUT2D eigenvalue weighted by Gasteiger charge is -2.10. The summed E-state index contributed by atoms with van der Waals surface area (Å²) in [5, 5.41) is 0. The molecule has 2 aromatic carbocycles. The Balaban J connectivity index is 1.91. The first kappa shape index (κ1) is 27.2. The zero-order valence-corrected chi connectivity index (χ0v) is 21.8. The SMILES string of the molecule is CSc1cccc(C)c1S(=O)(=O)OCO[P+](=O)OCOS(=O)(=O)c1c(C)cccc1SC. The fourth-order valence-electron chi connectivity index (χ4n) is 2.62. The molecule has 0 amide bonds. The summed E-state index contributed by atoms with van der Waals surface area (Å²) in [6.07, 6.45) is 3.45. The lowest BCUT2D eigenvalue weighted by molar-refractivity contribution is 0.0752. The normalized spacial score (nSPS) is 12.1. The van der Waals surface area contributed by atoms with Crippen molar-refractivity contribution in [3.63, 3.8) is 0 Å². The molecule has 0 saturated carbocycles. The van der Waals surface area contributed by atoms with Crippen LogP contribution in [0.2, 0.25) is 0 Å². The van der Waals surface area contributed by atoms with Gasteiger partial charge < -0.3 is 0 Å². The van der Waals surface area contributed by atoms with Gasteiger partial charge in [0.2, 0.25) is 13.6 Å². The largest absolute Gasteiger partial charge is 0.702 e. The van der Waals surface area contributed by atoms with E-state index in [0.717, 1.165) is 0 Å². The quantitative estimate of drug-likeness (QED) is 0.164. The van der Waals surface area contributed by atoms with E-state index in [9.17, 15) is 21.4 Å². The molecule has 2 rings (SSSR count). The number of hydrogen-bond donors (Lipinski definition) is 0. The molecule has 0 aliphatic carbocycles. The van der Waals surface area contributed by atoms with E-state index >= 15 is 0 Å². The molecule has 14 heteroatoms. The van der Waals surface area contributed by atoms with E-state index in [2.05, 4.69) is 0 Å². The van der Waals surface area contributed by atoms with E-state index in [4.69, 9.17) is 17.4 Å². The molecule has 0 spiro atoms. The Morgan fingerprint density at radius 3 is 1.47 bits per heavy atom. The highest BCUT2D eigenvalue weighted by Crippen LogP contribution is 2.32. The zero-order chi connectivity index (χ0) is 23.9. The average molecular weight is 542 g/mol. The third kappa shape index (κ3) is 6.99. The van der Waals surface area contributed by atoms with E-state index in [1.165, 1.54) is 23.5 Å². The summed E-state index contributed by atoms with van der Waals surface area (Å²) in [5.74, 6) is 0. The number of hydrogen-bond acceptors (Lipinski definition) is 11. The number of thioether (sulfide) groups is 2. The van der Waals surface area contributed by atoms with Crippen LogP contribution in [0.1, 0.15) is 11.1 Å². The van der Waals surface area contributed by atoms with Crippen LogP contribution in [0.25, 0.3) is 0 Å². The van der Waals surface area contributed by atoms with Gasteiger partial charge in [-0.3, -0.25) is 0 Å². The summed E-state index contributed by atoms with van der Waals surface area (Å²) in [5.41, 5.74) is 0.967. The van der Waals surface area contributed by atoms with Crippen molar-refractivity contribution >= 4 is 52.0 Å². The third-order valence-corrected chi connectivity index (χ3v) is 9.36. The van der Waals surface area contributed by atoms with Crippen LogP contribution in [0.4, 0.5) is 0 Å². The van der Waals surface area contributed by atoms with E-state index < -0.39 is 42.1 Å². The standard InChI is InChI=1S/C18H22O9PS4/c1-13-7-5-9-15(29-3)17(13)31(20,21)26-11-24-28(19)25-12-27-32(22,23)18-14(2)8-6-10-16(18)30-4/h5-10H,11-12H2,1-4H3/q+1. The molecule has 0 saturated heterocycles. The van der Waals surface area contributed by atoms with Gasteiger partial charge >= 0.3 is 28.5 Å². The van der Waals surface area contributed by atoms with Crippen molar-refractivity contribution in [2.24, 2.45) is 0 Å². The number of rotatable bonds is 12. The molecule has 0 aliphatic heterocycles. The molecule has 0 atom stereocenters. The first-order chi connectivity index (χ1) is 15.0. The summed E-state index contributed by atoms with van der Waals surface area (Å²) in [7, 11) is -11.3. The van der Waals surface area contributed by atoms with Crippen molar-refractivity contribution in [2.45, 2.75) is 33.4 Å². The van der Waals surface area contributed by atoms with Crippen molar-refractivity contribution in [2.75, 3.05) is 26.1 Å². The maximum atomic E-state index is 12.5. The average Bonchev–Trinajstić information content (AvgIpc) is 2.72. The lowest BCUT2D eigenvalue weighted by atomic mass is 10.2. The Kier molecular flexibility index (Phi) is 10.1. The smallest absolute Gasteiger partial charge is 0.232 e. The second-order valence-corrected chi connectivity index (χ2v) is 11.8. The van der Waals surface area contributed by atoms with Crippen LogP contribution in [-0.2, 0) is 42.2 Å². The summed E-state index contributed by atoms with van der Waals surface area (Å²) >= 11 is 2.47. The third-order valence-electron chi connectivity index (χ3n) is 4.01. The van der Waals surface area contributed by atoms with E-state index in [0.29, 0.717) is 20.9 Å². The molecule has 0 aromatic heterocycles. The van der Waals surface area contributed by atoms with Crippen molar-refractivity contribution < 1.29 is 38.8 Å². The van der Waals surface area contributed by atoms with Crippen LogP contribution < -0.4 is 0 Å². The van der Waals surface area contributed by atoms with Gasteiger partial charge in [0.15, 0.2) is 0 Å². The minimum Gasteiger partial charge on any atom is -0.232 e. The molecule has 2 aromatic rings. The second-order valence-electron chi connectivity index (χ2n) is 6.07. The molecular formula is C18H22O9PS4+. The Hall–Kier alpha value is -1.02. The summed E-state index contributed by atoms with van der Waals surface area (Å²) < 4.78 is 80.6. The molecule has 0 radical (unpaired) electrons. The molecule has 0 aliphatic rings. The van der Waals surface area contributed by atoms with Crippen molar-refractivity contribution in [1.29, 1.82) is 0 Å². The van der Waals surface area contributed by atoms with E-state index in [1.807, 2.05) is 0 Å². The minimum atomic E-state index is -4.18. The molecule has 0 fully saturated rings. The van der Waals surface area contributed by atoms with E-state index in [1.54, 1.807) is 62.8 Å². The van der Waals surface area contributed by atoms with Crippen LogP contribution >= 0.6 is 31.8 Å². The molecule has 0 heterocycles. The predicted octanol–water partition coefficient (Wildman–Crippen LogP) is 4.46. The van der Waals surface area contributed by atoms with Gasteiger partial charge in [0.25, 0.3) is 0 Å². The Bertz CT molecular complexity index is 1090. The van der Waals surface area contributed by atoms with Gasteiger partial charge in [-0.05, 0) is 49.6 Å². The summed E-state index contributed by atoms with van der Waals surface area (Å²) in [4.78, 5) is 0.962. The van der Waals surface area contributed by atoms with Gasteiger partial charge in [0, 0.05) is 14.4 Å². The number of benzene rings is 2. The summed E-state index contributed by atoms with van der Waals surface area (Å²) in [6, 6.07) is 9.94. The highest BCUT2D eigenvalue weighted by Gasteiger charge is 2.28. The fraction of sp³-hybridized carbons (Fsp3) is 0.333. The zero-order valence-electron chi connectivity index (χ0n) is 17.6. The van der Waals surface area contributed by atoms with Gasteiger partial charge in [-0.2, -0.15) is 16.8 Å². The van der Waals surface area contributed by atoms with Crippen LogP contribution in [0, 0.1) is 13.8 Å². The monoisotopic (exact) mass is 541 g/mol. The molecule has 0 unspecified atom stereocenters. The topological polar surface area (TPSA) is 122 Å². The highest BCUT2D eigenvalue weighted by molar-refractivity contribution is 7.99. The lowest BCUT2D eigenvalue weighted by Crippen LogP contribution is -2.12. The van der Waals surface area contributed by atoms with Gasteiger partial charge in [-0.1, -0.05) is 33.3 Å². The maximum Gasteiger partial charge on any atom is 0.702 e.